The van der Waals surface area contributed by atoms with Crippen LogP contribution in [-0.4, -0.2) is 18.6 Å². The Bertz CT molecular complexity index is 416. The van der Waals surface area contributed by atoms with E-state index in [9.17, 15) is 0 Å². The zero-order chi connectivity index (χ0) is 15.8. The summed E-state index contributed by atoms with van der Waals surface area (Å²) in [4.78, 5) is 2.41. The Labute approximate surface area is 135 Å². The fourth-order valence-electron chi connectivity index (χ4n) is 2.40. The number of hydrogen-bond donors (Lipinski definition) is 1. The van der Waals surface area contributed by atoms with Gasteiger partial charge >= 0.3 is 0 Å². The molecule has 0 amide bonds. The van der Waals surface area contributed by atoms with Gasteiger partial charge in [-0.25, -0.2) is 0 Å². The van der Waals surface area contributed by atoms with Crippen molar-refractivity contribution in [2.45, 2.75) is 72.5 Å². The molecule has 1 aromatic rings. The standard InChI is InChI=1S/C18H31ClN2/c1-6-7-8-11-21(15(4)5)18-10-9-16(12-17(18)19)13-20-14(2)3/h9-10,12,14-15,20H,6-8,11,13H2,1-5H3. The summed E-state index contributed by atoms with van der Waals surface area (Å²) in [5, 5.41) is 4.29. The Balaban J connectivity index is 2.79. The molecule has 0 saturated carbocycles. The second-order valence-electron chi connectivity index (χ2n) is 6.32. The Morgan fingerprint density at radius 1 is 1.14 bits per heavy atom. The van der Waals surface area contributed by atoms with Crippen LogP contribution >= 0.6 is 11.6 Å². The number of anilines is 1. The monoisotopic (exact) mass is 310 g/mol. The molecule has 0 radical (unpaired) electrons. The number of halogens is 1. The second-order valence-corrected chi connectivity index (χ2v) is 6.72. The summed E-state index contributed by atoms with van der Waals surface area (Å²) in [6, 6.07) is 7.42. The van der Waals surface area contributed by atoms with Gasteiger partial charge in [0.05, 0.1) is 10.7 Å². The molecule has 0 bridgehead atoms. The minimum atomic E-state index is 0.471. The quantitative estimate of drug-likeness (QED) is 0.627. The number of nitrogens with one attached hydrogen (secondary N) is 1. The molecule has 0 fully saturated rings. The van der Waals surface area contributed by atoms with Crippen LogP contribution in [0.4, 0.5) is 5.69 Å². The van der Waals surface area contributed by atoms with Crippen molar-refractivity contribution >= 4 is 17.3 Å². The highest BCUT2D eigenvalue weighted by Crippen LogP contribution is 2.29. The minimum Gasteiger partial charge on any atom is -0.368 e. The maximum atomic E-state index is 6.53. The molecule has 0 aromatic heterocycles. The summed E-state index contributed by atoms with van der Waals surface area (Å²) >= 11 is 6.53. The van der Waals surface area contributed by atoms with E-state index in [0.29, 0.717) is 12.1 Å². The first-order valence-electron chi connectivity index (χ1n) is 8.24. The van der Waals surface area contributed by atoms with Crippen LogP contribution in [0, 0.1) is 0 Å². The lowest BCUT2D eigenvalue weighted by molar-refractivity contribution is 0.588. The fraction of sp³-hybridized carbons (Fsp3) is 0.667. The molecule has 0 aliphatic heterocycles. The van der Waals surface area contributed by atoms with E-state index < -0.39 is 0 Å². The van der Waals surface area contributed by atoms with Crippen molar-refractivity contribution < 1.29 is 0 Å². The van der Waals surface area contributed by atoms with Gasteiger partial charge < -0.3 is 10.2 Å². The van der Waals surface area contributed by atoms with Crippen molar-refractivity contribution in [1.29, 1.82) is 0 Å². The van der Waals surface area contributed by atoms with Crippen LogP contribution in [0.25, 0.3) is 0 Å². The number of benzene rings is 1. The highest BCUT2D eigenvalue weighted by atomic mass is 35.5. The highest BCUT2D eigenvalue weighted by Gasteiger charge is 2.13. The summed E-state index contributed by atoms with van der Waals surface area (Å²) in [6.07, 6.45) is 3.75. The first-order chi connectivity index (χ1) is 9.95. The van der Waals surface area contributed by atoms with Gasteiger partial charge in [-0.3, -0.25) is 0 Å². The van der Waals surface area contributed by atoms with Crippen molar-refractivity contribution in [1.82, 2.24) is 5.32 Å². The third-order valence-corrected chi connectivity index (χ3v) is 3.96. The first-order valence-corrected chi connectivity index (χ1v) is 8.62. The third kappa shape index (κ3) is 6.27. The molecule has 0 heterocycles. The lowest BCUT2D eigenvalue weighted by atomic mass is 10.1. The molecule has 0 unspecified atom stereocenters. The molecule has 0 aliphatic carbocycles. The molecule has 1 aromatic carbocycles. The van der Waals surface area contributed by atoms with Gasteiger partial charge in [-0.1, -0.05) is 51.3 Å². The molecule has 0 saturated heterocycles. The summed E-state index contributed by atoms with van der Waals surface area (Å²) < 4.78 is 0. The molecule has 1 N–H and O–H groups in total. The molecule has 0 aliphatic rings. The Morgan fingerprint density at radius 3 is 2.38 bits per heavy atom. The second kappa shape index (κ2) is 9.32. The van der Waals surface area contributed by atoms with E-state index in [-0.39, 0.29) is 0 Å². The average Bonchev–Trinajstić information content (AvgIpc) is 2.42. The molecular formula is C18H31ClN2. The van der Waals surface area contributed by atoms with Crippen LogP contribution < -0.4 is 10.2 Å². The maximum absolute atomic E-state index is 6.53. The van der Waals surface area contributed by atoms with Crippen molar-refractivity contribution in [3.63, 3.8) is 0 Å². The van der Waals surface area contributed by atoms with Crippen LogP contribution in [0.5, 0.6) is 0 Å². The van der Waals surface area contributed by atoms with Crippen LogP contribution in [0.3, 0.4) is 0 Å². The Kier molecular flexibility index (Phi) is 8.13. The number of hydrogen-bond acceptors (Lipinski definition) is 2. The summed E-state index contributed by atoms with van der Waals surface area (Å²) in [5.74, 6) is 0. The lowest BCUT2D eigenvalue weighted by Crippen LogP contribution is -2.32. The van der Waals surface area contributed by atoms with Crippen LogP contribution in [0.2, 0.25) is 5.02 Å². The zero-order valence-corrected chi connectivity index (χ0v) is 15.0. The van der Waals surface area contributed by atoms with E-state index in [1.54, 1.807) is 0 Å². The molecule has 0 spiro atoms. The molecule has 1 rings (SSSR count). The van der Waals surface area contributed by atoms with Gasteiger partial charge in [0.1, 0.15) is 0 Å². The normalized spacial score (nSPS) is 11.4. The average molecular weight is 311 g/mol. The lowest BCUT2D eigenvalue weighted by Gasteiger charge is -2.30. The predicted molar refractivity (Wildman–Crippen MR) is 95.4 cm³/mol. The van der Waals surface area contributed by atoms with E-state index in [2.05, 4.69) is 63.0 Å². The molecule has 120 valence electrons. The molecule has 21 heavy (non-hydrogen) atoms. The number of unbranched alkanes of at least 4 members (excludes halogenated alkanes) is 2. The SMILES string of the molecule is CCCCCN(c1ccc(CNC(C)C)cc1Cl)C(C)C. The van der Waals surface area contributed by atoms with E-state index in [1.165, 1.54) is 24.8 Å². The molecule has 3 heteroatoms. The smallest absolute Gasteiger partial charge is 0.0642 e. The maximum Gasteiger partial charge on any atom is 0.0642 e. The summed E-state index contributed by atoms with van der Waals surface area (Å²) in [5.41, 5.74) is 2.41. The fourth-order valence-corrected chi connectivity index (χ4v) is 2.72. The van der Waals surface area contributed by atoms with Crippen molar-refractivity contribution in [2.75, 3.05) is 11.4 Å². The highest BCUT2D eigenvalue weighted by molar-refractivity contribution is 6.33. The summed E-state index contributed by atoms with van der Waals surface area (Å²) in [7, 11) is 0. The van der Waals surface area contributed by atoms with E-state index >= 15 is 0 Å². The van der Waals surface area contributed by atoms with E-state index in [0.717, 1.165) is 23.8 Å². The minimum absolute atomic E-state index is 0.471. The molecular weight excluding hydrogens is 280 g/mol. The zero-order valence-electron chi connectivity index (χ0n) is 14.2. The van der Waals surface area contributed by atoms with Crippen LogP contribution in [0.15, 0.2) is 18.2 Å². The number of nitrogens with zero attached hydrogens (tertiary/aromatic N) is 1. The Hall–Kier alpha value is -0.730. The van der Waals surface area contributed by atoms with Crippen LogP contribution in [-0.2, 0) is 6.54 Å². The topological polar surface area (TPSA) is 15.3 Å². The molecule has 2 nitrogen and oxygen atoms in total. The largest absolute Gasteiger partial charge is 0.368 e. The number of rotatable bonds is 9. The van der Waals surface area contributed by atoms with Crippen LogP contribution in [0.1, 0.15) is 59.4 Å². The van der Waals surface area contributed by atoms with Gasteiger partial charge in [0, 0.05) is 25.2 Å². The van der Waals surface area contributed by atoms with Gasteiger partial charge in [0.2, 0.25) is 0 Å². The van der Waals surface area contributed by atoms with E-state index in [4.69, 9.17) is 11.6 Å². The van der Waals surface area contributed by atoms with Gasteiger partial charge in [0.15, 0.2) is 0 Å². The summed E-state index contributed by atoms with van der Waals surface area (Å²) in [6.45, 7) is 13.0. The van der Waals surface area contributed by atoms with Crippen molar-refractivity contribution in [2.24, 2.45) is 0 Å². The molecule has 0 atom stereocenters. The predicted octanol–water partition coefficient (Wildman–Crippen LogP) is 5.24. The Morgan fingerprint density at radius 2 is 1.86 bits per heavy atom. The van der Waals surface area contributed by atoms with E-state index in [1.807, 2.05) is 0 Å². The third-order valence-electron chi connectivity index (χ3n) is 3.66. The van der Waals surface area contributed by atoms with Gasteiger partial charge in [-0.15, -0.1) is 0 Å². The van der Waals surface area contributed by atoms with Gasteiger partial charge in [-0.05, 0) is 38.0 Å². The van der Waals surface area contributed by atoms with Crippen molar-refractivity contribution in [3.05, 3.63) is 28.8 Å². The van der Waals surface area contributed by atoms with Crippen molar-refractivity contribution in [3.8, 4) is 0 Å². The van der Waals surface area contributed by atoms with Gasteiger partial charge in [-0.2, -0.15) is 0 Å². The first kappa shape index (κ1) is 18.3. The van der Waals surface area contributed by atoms with Gasteiger partial charge in [0.25, 0.3) is 0 Å².